The molecular formula is C16H21FN6. The average Bonchev–Trinajstić information content (AvgIpc) is 3.05. The average molecular weight is 316 g/mol. The first-order chi connectivity index (χ1) is 11.2. The quantitative estimate of drug-likeness (QED) is 0.676. The number of nitrogens with zero attached hydrogens (tertiary/aromatic N) is 3. The Hall–Kier alpha value is -2.25. The molecule has 0 aliphatic carbocycles. The van der Waals surface area contributed by atoms with Gasteiger partial charge in [-0.05, 0) is 24.6 Å². The maximum absolute atomic E-state index is 13.4. The fraction of sp³-hybridized carbons (Fsp3) is 0.375. The summed E-state index contributed by atoms with van der Waals surface area (Å²) in [5.41, 5.74) is 6.84. The van der Waals surface area contributed by atoms with E-state index < -0.39 is 5.79 Å². The van der Waals surface area contributed by atoms with Crippen LogP contribution in [-0.2, 0) is 5.79 Å². The molecule has 0 spiro atoms. The van der Waals surface area contributed by atoms with E-state index in [1.807, 2.05) is 12.3 Å². The van der Waals surface area contributed by atoms with E-state index in [2.05, 4.69) is 25.5 Å². The molecule has 2 aliphatic rings. The summed E-state index contributed by atoms with van der Waals surface area (Å²) in [5, 5.41) is 6.43. The van der Waals surface area contributed by atoms with E-state index in [0.29, 0.717) is 5.56 Å². The van der Waals surface area contributed by atoms with Gasteiger partial charge in [-0.2, -0.15) is 0 Å². The molecule has 1 aromatic carbocycles. The number of nitrogens with two attached hydrogens (primary N) is 1. The Labute approximate surface area is 135 Å². The van der Waals surface area contributed by atoms with Crippen molar-refractivity contribution in [2.75, 3.05) is 26.3 Å². The lowest BCUT2D eigenvalue weighted by Gasteiger charge is -2.31. The monoisotopic (exact) mass is 316 g/mol. The van der Waals surface area contributed by atoms with Crippen LogP contribution in [0.4, 0.5) is 4.39 Å². The van der Waals surface area contributed by atoms with Gasteiger partial charge < -0.3 is 10.6 Å². The minimum atomic E-state index is -1.15. The molecule has 1 atom stereocenters. The largest absolute Gasteiger partial charge is 0.372 e. The SMILES string of the molecule is NC1(c2cccc(F)c2)N=CC=C(NCCCN2CC=NC2)N1. The number of aliphatic imine (C=N–C) groups is 2. The molecule has 0 radical (unpaired) electrons. The highest BCUT2D eigenvalue weighted by Gasteiger charge is 2.28. The maximum Gasteiger partial charge on any atom is 0.210 e. The van der Waals surface area contributed by atoms with Crippen LogP contribution in [0.2, 0.25) is 0 Å². The molecule has 7 heteroatoms. The lowest BCUT2D eigenvalue weighted by atomic mass is 10.1. The van der Waals surface area contributed by atoms with Gasteiger partial charge in [0.2, 0.25) is 5.79 Å². The Morgan fingerprint density at radius 1 is 1.43 bits per heavy atom. The van der Waals surface area contributed by atoms with Gasteiger partial charge in [0.15, 0.2) is 0 Å². The summed E-state index contributed by atoms with van der Waals surface area (Å²) in [6.07, 6.45) is 6.40. The van der Waals surface area contributed by atoms with Gasteiger partial charge >= 0.3 is 0 Å². The Kier molecular flexibility index (Phi) is 4.68. The predicted molar refractivity (Wildman–Crippen MR) is 89.5 cm³/mol. The van der Waals surface area contributed by atoms with Crippen molar-refractivity contribution in [3.8, 4) is 0 Å². The van der Waals surface area contributed by atoms with E-state index in [9.17, 15) is 4.39 Å². The van der Waals surface area contributed by atoms with Gasteiger partial charge in [0.1, 0.15) is 11.6 Å². The number of hydrogen-bond acceptors (Lipinski definition) is 6. The zero-order valence-electron chi connectivity index (χ0n) is 12.9. The normalized spacial score (nSPS) is 23.7. The summed E-state index contributed by atoms with van der Waals surface area (Å²) in [7, 11) is 0. The van der Waals surface area contributed by atoms with Gasteiger partial charge in [0.25, 0.3) is 0 Å². The van der Waals surface area contributed by atoms with Gasteiger partial charge in [-0.1, -0.05) is 12.1 Å². The number of benzene rings is 1. The van der Waals surface area contributed by atoms with E-state index in [1.165, 1.54) is 12.1 Å². The van der Waals surface area contributed by atoms with Crippen molar-refractivity contribution in [2.45, 2.75) is 12.2 Å². The molecule has 0 saturated heterocycles. The summed E-state index contributed by atoms with van der Waals surface area (Å²) in [6.45, 7) is 3.52. The lowest BCUT2D eigenvalue weighted by Crippen LogP contribution is -2.52. The maximum atomic E-state index is 13.4. The van der Waals surface area contributed by atoms with Crippen molar-refractivity contribution < 1.29 is 4.39 Å². The Balaban J connectivity index is 1.51. The highest BCUT2D eigenvalue weighted by atomic mass is 19.1. The number of nitrogens with one attached hydrogen (secondary N) is 2. The van der Waals surface area contributed by atoms with Crippen molar-refractivity contribution in [2.24, 2.45) is 15.7 Å². The van der Waals surface area contributed by atoms with Crippen LogP contribution in [0.15, 0.2) is 46.1 Å². The second-order valence-electron chi connectivity index (χ2n) is 5.62. The molecule has 2 heterocycles. The zero-order valence-corrected chi connectivity index (χ0v) is 12.9. The molecule has 0 aromatic heterocycles. The Morgan fingerprint density at radius 3 is 3.13 bits per heavy atom. The van der Waals surface area contributed by atoms with Gasteiger partial charge in [-0.15, -0.1) is 0 Å². The fourth-order valence-corrected chi connectivity index (χ4v) is 2.58. The fourth-order valence-electron chi connectivity index (χ4n) is 2.58. The molecular weight excluding hydrogens is 295 g/mol. The van der Waals surface area contributed by atoms with Crippen LogP contribution >= 0.6 is 0 Å². The van der Waals surface area contributed by atoms with Crippen LogP contribution in [0.1, 0.15) is 12.0 Å². The first kappa shape index (κ1) is 15.6. The minimum Gasteiger partial charge on any atom is -0.372 e. The highest BCUT2D eigenvalue weighted by Crippen LogP contribution is 2.20. The molecule has 0 fully saturated rings. The molecule has 23 heavy (non-hydrogen) atoms. The first-order valence-electron chi connectivity index (χ1n) is 7.69. The van der Waals surface area contributed by atoms with Crippen LogP contribution in [0.5, 0.6) is 0 Å². The number of allylic oxidation sites excluding steroid dienone is 1. The molecule has 2 aliphatic heterocycles. The van der Waals surface area contributed by atoms with Crippen LogP contribution in [-0.4, -0.2) is 43.6 Å². The van der Waals surface area contributed by atoms with Crippen LogP contribution < -0.4 is 16.4 Å². The Bertz CT molecular complexity index is 633. The third-order valence-electron chi connectivity index (χ3n) is 3.83. The summed E-state index contributed by atoms with van der Waals surface area (Å²) < 4.78 is 13.4. The van der Waals surface area contributed by atoms with Gasteiger partial charge in [0, 0.05) is 37.6 Å². The van der Waals surface area contributed by atoms with Crippen molar-refractivity contribution in [3.05, 3.63) is 47.5 Å². The second-order valence-corrected chi connectivity index (χ2v) is 5.62. The molecule has 6 nitrogen and oxygen atoms in total. The number of hydrogen-bond donors (Lipinski definition) is 3. The first-order valence-corrected chi connectivity index (χ1v) is 7.69. The van der Waals surface area contributed by atoms with Gasteiger partial charge in [0.05, 0.1) is 6.67 Å². The molecule has 1 aromatic rings. The zero-order chi connectivity index (χ0) is 16.1. The Morgan fingerprint density at radius 2 is 2.35 bits per heavy atom. The lowest BCUT2D eigenvalue weighted by molar-refractivity contribution is 0.332. The highest BCUT2D eigenvalue weighted by molar-refractivity contribution is 5.73. The van der Waals surface area contributed by atoms with Crippen LogP contribution in [0, 0.1) is 5.82 Å². The second kappa shape index (κ2) is 6.89. The van der Waals surface area contributed by atoms with E-state index >= 15 is 0 Å². The third-order valence-corrected chi connectivity index (χ3v) is 3.83. The minimum absolute atomic E-state index is 0.332. The van der Waals surface area contributed by atoms with Crippen molar-refractivity contribution in [3.63, 3.8) is 0 Å². The number of rotatable bonds is 6. The smallest absolute Gasteiger partial charge is 0.210 e. The van der Waals surface area contributed by atoms with Crippen LogP contribution in [0.3, 0.4) is 0 Å². The summed E-state index contributed by atoms with van der Waals surface area (Å²) in [6, 6.07) is 6.15. The van der Waals surface area contributed by atoms with E-state index in [0.717, 1.165) is 38.5 Å². The molecule has 3 rings (SSSR count). The molecule has 0 bridgehead atoms. The summed E-state index contributed by atoms with van der Waals surface area (Å²) in [5.74, 6) is -0.701. The van der Waals surface area contributed by atoms with Crippen LogP contribution in [0.25, 0.3) is 0 Å². The van der Waals surface area contributed by atoms with Crippen molar-refractivity contribution in [1.29, 1.82) is 0 Å². The topological polar surface area (TPSA) is 78.0 Å². The summed E-state index contributed by atoms with van der Waals surface area (Å²) >= 11 is 0. The van der Waals surface area contributed by atoms with Gasteiger partial charge in [-0.3, -0.25) is 15.6 Å². The summed E-state index contributed by atoms with van der Waals surface area (Å²) in [4.78, 5) is 10.7. The van der Waals surface area contributed by atoms with Gasteiger partial charge in [-0.25, -0.2) is 9.38 Å². The van der Waals surface area contributed by atoms with Crippen molar-refractivity contribution in [1.82, 2.24) is 15.5 Å². The molecule has 0 amide bonds. The molecule has 0 saturated carbocycles. The van der Waals surface area contributed by atoms with E-state index in [1.54, 1.807) is 18.3 Å². The predicted octanol–water partition coefficient (Wildman–Crippen LogP) is 0.734. The molecule has 122 valence electrons. The molecule has 1 unspecified atom stereocenters. The number of halogens is 1. The van der Waals surface area contributed by atoms with E-state index in [-0.39, 0.29) is 5.82 Å². The van der Waals surface area contributed by atoms with Crippen molar-refractivity contribution >= 4 is 12.4 Å². The molecule has 4 N–H and O–H groups in total. The third kappa shape index (κ3) is 3.94. The standard InChI is InChI=1S/C16H21FN6/c17-14-4-1-3-13(11-14)16(18)21-7-5-15(22-16)20-6-2-9-23-10-8-19-12-23/h1,3-5,7-8,11,20,22H,2,6,9-10,12,18H2. The van der Waals surface area contributed by atoms with E-state index in [4.69, 9.17) is 5.73 Å².